The van der Waals surface area contributed by atoms with Crippen LogP contribution in [0, 0.1) is 17.2 Å². The van der Waals surface area contributed by atoms with Gasteiger partial charge in [0.05, 0.1) is 6.07 Å². The third kappa shape index (κ3) is 4.62. The van der Waals surface area contributed by atoms with E-state index in [1.165, 1.54) is 11.4 Å². The number of rotatable bonds is 5. The van der Waals surface area contributed by atoms with Crippen molar-refractivity contribution >= 4 is 10.2 Å². The predicted molar refractivity (Wildman–Crippen MR) is 66.3 cm³/mol. The normalized spacial score (nSPS) is 25.8. The lowest BCUT2D eigenvalue weighted by atomic mass is 9.88. The summed E-state index contributed by atoms with van der Waals surface area (Å²) in [5.41, 5.74) is 0. The fourth-order valence-electron chi connectivity index (χ4n) is 2.01. The number of nitrogens with zero attached hydrogens (tertiary/aromatic N) is 2. The Morgan fingerprint density at radius 1 is 1.35 bits per heavy atom. The third-order valence-electron chi connectivity index (χ3n) is 3.28. The van der Waals surface area contributed by atoms with Crippen molar-refractivity contribution in [3.63, 3.8) is 0 Å². The maximum Gasteiger partial charge on any atom is 0.279 e. The maximum atomic E-state index is 11.9. The first-order chi connectivity index (χ1) is 7.95. The molecule has 0 unspecified atom stereocenters. The zero-order valence-corrected chi connectivity index (χ0v) is 11.3. The Morgan fingerprint density at radius 2 is 1.94 bits per heavy atom. The van der Waals surface area contributed by atoms with Gasteiger partial charge in [-0.25, -0.2) is 0 Å². The van der Waals surface area contributed by atoms with Crippen LogP contribution in [0.15, 0.2) is 0 Å². The highest BCUT2D eigenvalue weighted by Gasteiger charge is 2.25. The number of hydrogen-bond donors (Lipinski definition) is 1. The highest BCUT2D eigenvalue weighted by atomic mass is 32.2. The summed E-state index contributed by atoms with van der Waals surface area (Å²) in [4.78, 5) is 0. The largest absolute Gasteiger partial charge is 0.279 e. The molecular formula is C11H21N3O2S. The molecule has 5 nitrogen and oxygen atoms in total. The van der Waals surface area contributed by atoms with Crippen LogP contribution in [0.3, 0.4) is 0 Å². The lowest BCUT2D eigenvalue weighted by Crippen LogP contribution is -2.45. The molecular weight excluding hydrogens is 238 g/mol. The van der Waals surface area contributed by atoms with Gasteiger partial charge in [0.15, 0.2) is 0 Å². The molecule has 0 radical (unpaired) electrons. The molecule has 0 amide bonds. The Balaban J connectivity index is 2.46. The van der Waals surface area contributed by atoms with Crippen LogP contribution >= 0.6 is 0 Å². The molecule has 1 rings (SSSR count). The van der Waals surface area contributed by atoms with E-state index in [1.807, 2.05) is 6.07 Å². The van der Waals surface area contributed by atoms with E-state index in [2.05, 4.69) is 11.6 Å². The maximum absolute atomic E-state index is 11.9. The van der Waals surface area contributed by atoms with Gasteiger partial charge in [-0.2, -0.15) is 22.7 Å². The summed E-state index contributed by atoms with van der Waals surface area (Å²) in [5.74, 6) is 0.701. The molecule has 1 aliphatic carbocycles. The fraction of sp³-hybridized carbons (Fsp3) is 0.909. The average molecular weight is 259 g/mol. The predicted octanol–water partition coefficient (Wildman–Crippen LogP) is 1.24. The first kappa shape index (κ1) is 14.4. The van der Waals surface area contributed by atoms with Gasteiger partial charge >= 0.3 is 0 Å². The molecule has 1 aliphatic rings. The minimum absolute atomic E-state index is 0.0562. The van der Waals surface area contributed by atoms with Gasteiger partial charge in [-0.1, -0.05) is 6.92 Å². The topological polar surface area (TPSA) is 73.2 Å². The molecule has 0 spiro atoms. The molecule has 0 aromatic heterocycles. The molecule has 0 heterocycles. The van der Waals surface area contributed by atoms with E-state index in [1.54, 1.807) is 0 Å². The van der Waals surface area contributed by atoms with Crippen molar-refractivity contribution < 1.29 is 8.42 Å². The molecule has 0 aromatic rings. The minimum Gasteiger partial charge on any atom is -0.199 e. The first-order valence-corrected chi connectivity index (χ1v) is 7.50. The molecule has 0 atom stereocenters. The van der Waals surface area contributed by atoms with Crippen LogP contribution in [-0.2, 0) is 10.2 Å². The highest BCUT2D eigenvalue weighted by Crippen LogP contribution is 2.24. The molecule has 6 heteroatoms. The number of nitrogens with one attached hydrogen (secondary N) is 1. The van der Waals surface area contributed by atoms with E-state index in [9.17, 15) is 8.42 Å². The lowest BCUT2D eigenvalue weighted by molar-refractivity contribution is 0.326. The molecule has 0 bridgehead atoms. The van der Waals surface area contributed by atoms with Crippen LogP contribution in [0.25, 0.3) is 0 Å². The first-order valence-electron chi connectivity index (χ1n) is 6.06. The van der Waals surface area contributed by atoms with Crippen molar-refractivity contribution in [2.75, 3.05) is 13.6 Å². The van der Waals surface area contributed by atoms with Crippen molar-refractivity contribution in [2.45, 2.75) is 45.1 Å². The highest BCUT2D eigenvalue weighted by molar-refractivity contribution is 7.87. The van der Waals surface area contributed by atoms with Crippen LogP contribution in [-0.4, -0.2) is 32.4 Å². The van der Waals surface area contributed by atoms with Gasteiger partial charge < -0.3 is 0 Å². The van der Waals surface area contributed by atoms with Crippen molar-refractivity contribution in [3.05, 3.63) is 0 Å². The second kappa shape index (κ2) is 6.34. The fourth-order valence-corrected chi connectivity index (χ4v) is 3.17. The van der Waals surface area contributed by atoms with Crippen LogP contribution in [0.1, 0.15) is 39.0 Å². The lowest BCUT2D eigenvalue weighted by Gasteiger charge is -2.28. The van der Waals surface area contributed by atoms with Gasteiger partial charge in [0, 0.05) is 26.1 Å². The molecule has 1 saturated carbocycles. The van der Waals surface area contributed by atoms with E-state index in [0.29, 0.717) is 5.92 Å². The van der Waals surface area contributed by atoms with Gasteiger partial charge in [-0.05, 0) is 31.6 Å². The summed E-state index contributed by atoms with van der Waals surface area (Å²) in [6.45, 7) is 2.44. The van der Waals surface area contributed by atoms with Gasteiger partial charge in [0.1, 0.15) is 0 Å². The SMILES string of the molecule is CC1CCC(NS(=O)(=O)N(C)CCC#N)CC1. The summed E-state index contributed by atoms with van der Waals surface area (Å²) in [7, 11) is -1.91. The summed E-state index contributed by atoms with van der Waals surface area (Å²) in [5, 5.41) is 8.44. The van der Waals surface area contributed by atoms with Gasteiger partial charge in [0.25, 0.3) is 10.2 Å². The Hall–Kier alpha value is -0.640. The summed E-state index contributed by atoms with van der Waals surface area (Å²) in [6, 6.07) is 2.00. The molecule has 1 N–H and O–H groups in total. The van der Waals surface area contributed by atoms with E-state index in [4.69, 9.17) is 5.26 Å². The van der Waals surface area contributed by atoms with E-state index >= 15 is 0 Å². The third-order valence-corrected chi connectivity index (χ3v) is 4.91. The standard InChI is InChI=1S/C11H21N3O2S/c1-10-4-6-11(7-5-10)13-17(15,16)14(2)9-3-8-12/h10-11,13H,3-7,9H2,1-2H3. The van der Waals surface area contributed by atoms with Crippen molar-refractivity contribution in [1.29, 1.82) is 5.26 Å². The second-order valence-corrected chi connectivity index (χ2v) is 6.62. The Labute approximate surface area is 104 Å². The van der Waals surface area contributed by atoms with Gasteiger partial charge in [0.2, 0.25) is 0 Å². The average Bonchev–Trinajstić information content (AvgIpc) is 2.28. The van der Waals surface area contributed by atoms with Crippen LogP contribution in [0.2, 0.25) is 0 Å². The molecule has 0 aliphatic heterocycles. The Morgan fingerprint density at radius 3 is 2.47 bits per heavy atom. The summed E-state index contributed by atoms with van der Waals surface area (Å²) >= 11 is 0. The Kier molecular flexibility index (Phi) is 5.37. The van der Waals surface area contributed by atoms with Gasteiger partial charge in [-0.3, -0.25) is 0 Å². The van der Waals surface area contributed by atoms with Crippen LogP contribution in [0.5, 0.6) is 0 Å². The van der Waals surface area contributed by atoms with Crippen LogP contribution in [0.4, 0.5) is 0 Å². The molecule has 98 valence electrons. The molecule has 1 fully saturated rings. The quantitative estimate of drug-likeness (QED) is 0.807. The van der Waals surface area contributed by atoms with Crippen molar-refractivity contribution in [1.82, 2.24) is 9.03 Å². The second-order valence-electron chi connectivity index (χ2n) is 4.81. The number of nitriles is 1. The zero-order valence-electron chi connectivity index (χ0n) is 10.5. The van der Waals surface area contributed by atoms with E-state index in [0.717, 1.165) is 25.7 Å². The van der Waals surface area contributed by atoms with E-state index in [-0.39, 0.29) is 19.0 Å². The van der Waals surface area contributed by atoms with Crippen LogP contribution < -0.4 is 4.72 Å². The van der Waals surface area contributed by atoms with E-state index < -0.39 is 10.2 Å². The zero-order chi connectivity index (χ0) is 12.9. The van der Waals surface area contributed by atoms with Crippen molar-refractivity contribution in [3.8, 4) is 6.07 Å². The molecule has 0 saturated heterocycles. The summed E-state index contributed by atoms with van der Waals surface area (Å²) < 4.78 is 27.7. The monoisotopic (exact) mass is 259 g/mol. The number of hydrogen-bond acceptors (Lipinski definition) is 3. The minimum atomic E-state index is -3.42. The van der Waals surface area contributed by atoms with Gasteiger partial charge in [-0.15, -0.1) is 0 Å². The summed E-state index contributed by atoms with van der Waals surface area (Å²) in [6.07, 6.45) is 4.20. The van der Waals surface area contributed by atoms with Crippen molar-refractivity contribution in [2.24, 2.45) is 5.92 Å². The molecule has 17 heavy (non-hydrogen) atoms. The molecule has 0 aromatic carbocycles. The Bertz CT molecular complexity index is 367. The smallest absolute Gasteiger partial charge is 0.199 e.